The molecule has 1 aliphatic carbocycles. The molecule has 18 heavy (non-hydrogen) atoms. The van der Waals surface area contributed by atoms with Gasteiger partial charge in [0.15, 0.2) is 0 Å². The van der Waals surface area contributed by atoms with Gasteiger partial charge in [0.2, 0.25) is 5.91 Å². The molecule has 1 N–H and O–H groups in total. The molecule has 1 unspecified atom stereocenters. The van der Waals surface area contributed by atoms with Crippen LogP contribution in [0.15, 0.2) is 0 Å². The van der Waals surface area contributed by atoms with Crippen LogP contribution in [0.3, 0.4) is 0 Å². The van der Waals surface area contributed by atoms with E-state index in [1.165, 1.54) is 7.11 Å². The quantitative estimate of drug-likeness (QED) is 0.673. The van der Waals surface area contributed by atoms with Crippen LogP contribution in [0.5, 0.6) is 0 Å². The largest absolute Gasteiger partial charge is 0.469 e. The number of hydrogen-bond donors (Lipinski definition) is 1. The Hall–Kier alpha value is -1.14. The summed E-state index contributed by atoms with van der Waals surface area (Å²) in [5.41, 5.74) is 0. The van der Waals surface area contributed by atoms with Crippen molar-refractivity contribution in [3.05, 3.63) is 0 Å². The van der Waals surface area contributed by atoms with Gasteiger partial charge in [-0.3, -0.25) is 14.5 Å². The number of rotatable bonds is 5. The third-order valence-electron chi connectivity index (χ3n) is 3.15. The van der Waals surface area contributed by atoms with Crippen molar-refractivity contribution >= 4 is 11.9 Å². The fourth-order valence-electron chi connectivity index (χ4n) is 2.02. The van der Waals surface area contributed by atoms with Crippen LogP contribution < -0.4 is 5.32 Å². The summed E-state index contributed by atoms with van der Waals surface area (Å²) in [6, 6.07) is 0.393. The second-order valence-electron chi connectivity index (χ2n) is 4.85. The molecule has 102 valence electrons. The first-order chi connectivity index (χ1) is 8.67. The first kappa shape index (κ1) is 13.3. The van der Waals surface area contributed by atoms with Crippen molar-refractivity contribution < 1.29 is 19.1 Å². The van der Waals surface area contributed by atoms with Crippen LogP contribution in [-0.2, 0) is 19.1 Å². The monoisotopic (exact) mass is 256 g/mol. The SMILES string of the molecule is COC(=O)CC1CN(CC(=O)NC2CC2)CCO1. The number of amides is 1. The minimum atomic E-state index is -0.274. The lowest BCUT2D eigenvalue weighted by Crippen LogP contribution is -2.47. The lowest BCUT2D eigenvalue weighted by Gasteiger charge is -2.31. The Morgan fingerprint density at radius 2 is 2.22 bits per heavy atom. The second kappa shape index (κ2) is 6.15. The molecule has 1 heterocycles. The summed E-state index contributed by atoms with van der Waals surface area (Å²) in [6.45, 7) is 2.28. The predicted octanol–water partition coefficient (Wildman–Crippen LogP) is -0.471. The van der Waals surface area contributed by atoms with Crippen molar-refractivity contribution in [1.29, 1.82) is 0 Å². The van der Waals surface area contributed by atoms with Gasteiger partial charge in [-0.25, -0.2) is 0 Å². The lowest BCUT2D eigenvalue weighted by atomic mass is 10.2. The van der Waals surface area contributed by atoms with Crippen molar-refractivity contribution in [3.8, 4) is 0 Å². The molecule has 1 atom stereocenters. The summed E-state index contributed by atoms with van der Waals surface area (Å²) in [7, 11) is 1.37. The number of carbonyl (C=O) groups is 2. The van der Waals surface area contributed by atoms with Crippen LogP contribution in [0.2, 0.25) is 0 Å². The highest BCUT2D eigenvalue weighted by Crippen LogP contribution is 2.18. The van der Waals surface area contributed by atoms with E-state index >= 15 is 0 Å². The van der Waals surface area contributed by atoms with Crippen LogP contribution >= 0.6 is 0 Å². The zero-order chi connectivity index (χ0) is 13.0. The molecule has 0 aromatic carbocycles. The van der Waals surface area contributed by atoms with Gasteiger partial charge in [0.05, 0.1) is 32.8 Å². The number of esters is 1. The zero-order valence-electron chi connectivity index (χ0n) is 10.7. The topological polar surface area (TPSA) is 67.9 Å². The number of nitrogens with one attached hydrogen (secondary N) is 1. The van der Waals surface area contributed by atoms with Gasteiger partial charge < -0.3 is 14.8 Å². The minimum Gasteiger partial charge on any atom is -0.469 e. The summed E-state index contributed by atoms with van der Waals surface area (Å²) in [5.74, 6) is -0.208. The van der Waals surface area contributed by atoms with E-state index in [9.17, 15) is 9.59 Å². The molecule has 0 aromatic rings. The average molecular weight is 256 g/mol. The van der Waals surface area contributed by atoms with E-state index in [-0.39, 0.29) is 24.4 Å². The Kier molecular flexibility index (Phi) is 4.54. The Balaban J connectivity index is 1.71. The van der Waals surface area contributed by atoms with Crippen LogP contribution in [0.1, 0.15) is 19.3 Å². The lowest BCUT2D eigenvalue weighted by molar-refractivity contribution is -0.145. The Morgan fingerprint density at radius 1 is 1.44 bits per heavy atom. The molecule has 6 nitrogen and oxygen atoms in total. The summed E-state index contributed by atoms with van der Waals surface area (Å²) in [4.78, 5) is 24.8. The van der Waals surface area contributed by atoms with Gasteiger partial charge in [0.1, 0.15) is 0 Å². The van der Waals surface area contributed by atoms with Crippen molar-refractivity contribution in [1.82, 2.24) is 10.2 Å². The number of nitrogens with zero attached hydrogens (tertiary/aromatic N) is 1. The smallest absolute Gasteiger partial charge is 0.308 e. The molecule has 1 aliphatic heterocycles. The maximum absolute atomic E-state index is 11.7. The standard InChI is InChI=1S/C12H20N2O4/c1-17-12(16)6-10-7-14(4-5-18-10)8-11(15)13-9-2-3-9/h9-10H,2-8H2,1H3,(H,13,15). The van der Waals surface area contributed by atoms with Gasteiger partial charge in [0.25, 0.3) is 0 Å². The molecular formula is C12H20N2O4. The van der Waals surface area contributed by atoms with Gasteiger partial charge in [-0.2, -0.15) is 0 Å². The van der Waals surface area contributed by atoms with Crippen LogP contribution in [-0.4, -0.2) is 62.3 Å². The number of carbonyl (C=O) groups excluding carboxylic acids is 2. The van der Waals surface area contributed by atoms with Gasteiger partial charge in [-0.1, -0.05) is 0 Å². The summed E-state index contributed by atoms with van der Waals surface area (Å²) in [6.07, 6.45) is 2.27. The van der Waals surface area contributed by atoms with Crippen LogP contribution in [0, 0.1) is 0 Å². The zero-order valence-corrected chi connectivity index (χ0v) is 10.7. The summed E-state index contributed by atoms with van der Waals surface area (Å²) >= 11 is 0. The highest BCUT2D eigenvalue weighted by Gasteiger charge is 2.27. The Labute approximate surface area is 107 Å². The summed E-state index contributed by atoms with van der Waals surface area (Å²) < 4.78 is 10.1. The van der Waals surface area contributed by atoms with Crippen LogP contribution in [0.25, 0.3) is 0 Å². The number of ether oxygens (including phenoxy) is 2. The molecule has 0 bridgehead atoms. The molecule has 2 fully saturated rings. The van der Waals surface area contributed by atoms with E-state index in [0.29, 0.717) is 25.7 Å². The highest BCUT2D eigenvalue weighted by atomic mass is 16.5. The first-order valence-electron chi connectivity index (χ1n) is 6.37. The van der Waals surface area contributed by atoms with Crippen molar-refractivity contribution in [2.45, 2.75) is 31.4 Å². The molecule has 6 heteroatoms. The second-order valence-corrected chi connectivity index (χ2v) is 4.85. The third-order valence-corrected chi connectivity index (χ3v) is 3.15. The van der Waals surface area contributed by atoms with E-state index in [4.69, 9.17) is 4.74 Å². The molecule has 0 radical (unpaired) electrons. The van der Waals surface area contributed by atoms with Crippen molar-refractivity contribution in [3.63, 3.8) is 0 Å². The maximum atomic E-state index is 11.7. The molecule has 2 rings (SSSR count). The fraction of sp³-hybridized carbons (Fsp3) is 0.833. The van der Waals surface area contributed by atoms with Gasteiger partial charge in [-0.05, 0) is 12.8 Å². The van der Waals surface area contributed by atoms with Gasteiger partial charge in [-0.15, -0.1) is 0 Å². The predicted molar refractivity (Wildman–Crippen MR) is 64.0 cm³/mol. The third kappa shape index (κ3) is 4.27. The maximum Gasteiger partial charge on any atom is 0.308 e. The fourth-order valence-corrected chi connectivity index (χ4v) is 2.02. The Bertz CT molecular complexity index is 317. The van der Waals surface area contributed by atoms with E-state index < -0.39 is 0 Å². The van der Waals surface area contributed by atoms with E-state index in [0.717, 1.165) is 19.4 Å². The molecule has 1 saturated heterocycles. The van der Waals surface area contributed by atoms with Gasteiger partial charge in [0, 0.05) is 19.1 Å². The van der Waals surface area contributed by atoms with E-state index in [2.05, 4.69) is 10.1 Å². The highest BCUT2D eigenvalue weighted by molar-refractivity contribution is 5.78. The normalized spacial score (nSPS) is 24.6. The average Bonchev–Trinajstić information content (AvgIpc) is 3.13. The van der Waals surface area contributed by atoms with Crippen molar-refractivity contribution in [2.75, 3.05) is 33.4 Å². The summed E-state index contributed by atoms with van der Waals surface area (Å²) in [5, 5.41) is 2.95. The molecule has 1 saturated carbocycles. The molecule has 1 amide bonds. The van der Waals surface area contributed by atoms with Crippen molar-refractivity contribution in [2.24, 2.45) is 0 Å². The van der Waals surface area contributed by atoms with E-state index in [1.807, 2.05) is 4.90 Å². The van der Waals surface area contributed by atoms with Gasteiger partial charge >= 0.3 is 5.97 Å². The molecular weight excluding hydrogens is 236 g/mol. The Morgan fingerprint density at radius 3 is 2.89 bits per heavy atom. The minimum absolute atomic E-state index is 0.0659. The molecule has 0 aromatic heterocycles. The first-order valence-corrected chi connectivity index (χ1v) is 6.37. The number of hydrogen-bond acceptors (Lipinski definition) is 5. The number of methoxy groups -OCH3 is 1. The molecule has 0 spiro atoms. The van der Waals surface area contributed by atoms with E-state index in [1.54, 1.807) is 0 Å². The number of morpholine rings is 1. The molecule has 2 aliphatic rings. The van der Waals surface area contributed by atoms with Crippen LogP contribution in [0.4, 0.5) is 0 Å².